The summed E-state index contributed by atoms with van der Waals surface area (Å²) in [6.45, 7) is 1.21. The van der Waals surface area contributed by atoms with E-state index in [0.29, 0.717) is 24.7 Å². The van der Waals surface area contributed by atoms with Gasteiger partial charge in [-0.25, -0.2) is 4.68 Å². The molecule has 5 aromatic carbocycles. The Hall–Kier alpha value is -7.09. The molecule has 8 rings (SSSR count). The molecule has 0 atom stereocenters. The Morgan fingerprint density at radius 2 is 1.06 bits per heavy atom. The van der Waals surface area contributed by atoms with Crippen LogP contribution >= 0.6 is 0 Å². The molecule has 254 valence electrons. The predicted molar refractivity (Wildman–Crippen MR) is 190 cm³/mol. The number of benzene rings is 5. The van der Waals surface area contributed by atoms with Crippen molar-refractivity contribution in [1.82, 2.24) is 61.0 Å². The number of hydrogen-bond donors (Lipinski definition) is 1. The first-order chi connectivity index (χ1) is 25.2. The van der Waals surface area contributed by atoms with Crippen LogP contribution in [0.25, 0.3) is 34.2 Å². The van der Waals surface area contributed by atoms with Crippen LogP contribution in [0.3, 0.4) is 0 Å². The van der Waals surface area contributed by atoms with E-state index in [9.17, 15) is 0 Å². The molecule has 0 aliphatic heterocycles. The number of ether oxygens (including phenoxy) is 2. The van der Waals surface area contributed by atoms with Crippen molar-refractivity contribution in [3.8, 4) is 45.7 Å². The van der Waals surface area contributed by atoms with Gasteiger partial charge in [-0.1, -0.05) is 115 Å². The number of nitrogens with zero attached hydrogens (tertiary/aromatic N) is 11. The summed E-state index contributed by atoms with van der Waals surface area (Å²) in [7, 11) is 3.31. The normalized spacial score (nSPS) is 10.3. The van der Waals surface area contributed by atoms with Crippen molar-refractivity contribution in [2.24, 2.45) is 0 Å². The molecule has 1 N–H and O–H groups in total. The van der Waals surface area contributed by atoms with E-state index in [0.717, 1.165) is 45.1 Å². The van der Waals surface area contributed by atoms with Crippen LogP contribution in [0.4, 0.5) is 0 Å². The number of H-pyrrole nitrogens is 1. The van der Waals surface area contributed by atoms with Gasteiger partial charge in [0.15, 0.2) is 5.82 Å². The molecule has 3 heterocycles. The molecule has 0 saturated heterocycles. The highest BCUT2D eigenvalue weighted by Gasteiger charge is 2.09. The van der Waals surface area contributed by atoms with Gasteiger partial charge in [-0.15, -0.1) is 25.5 Å². The lowest BCUT2D eigenvalue weighted by Gasteiger charge is -2.06. The molecular formula is C37H34N12O2. The zero-order valence-electron chi connectivity index (χ0n) is 27.9. The molecular weight excluding hydrogens is 644 g/mol. The summed E-state index contributed by atoms with van der Waals surface area (Å²) in [5.41, 5.74) is 5.17. The minimum Gasteiger partial charge on any atom is -0.497 e. The molecule has 0 saturated carbocycles. The predicted octanol–water partition coefficient (Wildman–Crippen LogP) is 5.66. The smallest absolute Gasteiger partial charge is 0.204 e. The fourth-order valence-corrected chi connectivity index (χ4v) is 4.79. The third kappa shape index (κ3) is 9.51. The molecule has 14 nitrogen and oxygen atoms in total. The maximum absolute atomic E-state index is 5.15. The highest BCUT2D eigenvalue weighted by molar-refractivity contribution is 5.55. The number of rotatable bonds is 9. The highest BCUT2D eigenvalue weighted by Crippen LogP contribution is 2.18. The molecule has 14 heteroatoms. The van der Waals surface area contributed by atoms with Crippen molar-refractivity contribution in [2.45, 2.75) is 13.1 Å². The molecule has 0 amide bonds. The molecule has 0 fully saturated rings. The Morgan fingerprint density at radius 1 is 0.529 bits per heavy atom. The molecule has 0 unspecified atom stereocenters. The van der Waals surface area contributed by atoms with E-state index in [-0.39, 0.29) is 0 Å². The topological polar surface area (TPSA) is 160 Å². The molecule has 51 heavy (non-hydrogen) atoms. The summed E-state index contributed by atoms with van der Waals surface area (Å²) >= 11 is 0. The van der Waals surface area contributed by atoms with E-state index in [1.54, 1.807) is 23.7 Å². The van der Waals surface area contributed by atoms with E-state index in [1.165, 1.54) is 0 Å². The minimum atomic E-state index is 0.587. The van der Waals surface area contributed by atoms with Gasteiger partial charge in [0.05, 0.1) is 27.3 Å². The number of methoxy groups -OCH3 is 2. The summed E-state index contributed by atoms with van der Waals surface area (Å²) in [4.78, 5) is 1.59. The summed E-state index contributed by atoms with van der Waals surface area (Å²) in [6.07, 6.45) is 0. The number of aromatic amines is 1. The molecule has 0 spiro atoms. The Kier molecular flexibility index (Phi) is 11.5. The third-order valence-corrected chi connectivity index (χ3v) is 7.40. The fourth-order valence-electron chi connectivity index (χ4n) is 4.79. The molecule has 3 aromatic heterocycles. The third-order valence-electron chi connectivity index (χ3n) is 7.40. The second-order valence-corrected chi connectivity index (χ2v) is 10.8. The number of tetrazole rings is 3. The van der Waals surface area contributed by atoms with E-state index in [2.05, 4.69) is 51.6 Å². The fraction of sp³-hybridized carbons (Fsp3) is 0.108. The second kappa shape index (κ2) is 17.3. The Balaban J connectivity index is 0.000000138. The van der Waals surface area contributed by atoms with Gasteiger partial charge in [0.25, 0.3) is 0 Å². The second-order valence-electron chi connectivity index (χ2n) is 10.8. The largest absolute Gasteiger partial charge is 0.497 e. The van der Waals surface area contributed by atoms with Crippen LogP contribution in [0.2, 0.25) is 0 Å². The zero-order chi connectivity index (χ0) is 35.1. The van der Waals surface area contributed by atoms with E-state index in [4.69, 9.17) is 9.47 Å². The van der Waals surface area contributed by atoms with Gasteiger partial charge < -0.3 is 9.47 Å². The van der Waals surface area contributed by atoms with Gasteiger partial charge in [-0.3, -0.25) is 0 Å². The van der Waals surface area contributed by atoms with Crippen LogP contribution in [0, 0.1) is 0 Å². The first-order valence-electron chi connectivity index (χ1n) is 15.9. The van der Waals surface area contributed by atoms with Crippen molar-refractivity contribution >= 4 is 0 Å². The highest BCUT2D eigenvalue weighted by atomic mass is 16.5. The average molecular weight is 679 g/mol. The van der Waals surface area contributed by atoms with E-state index >= 15 is 0 Å². The van der Waals surface area contributed by atoms with Gasteiger partial charge in [0.1, 0.15) is 11.5 Å². The molecule has 0 aliphatic carbocycles. The molecule has 0 aliphatic rings. The lowest BCUT2D eigenvalue weighted by atomic mass is 10.2. The van der Waals surface area contributed by atoms with Crippen molar-refractivity contribution < 1.29 is 9.47 Å². The van der Waals surface area contributed by atoms with Crippen molar-refractivity contribution in [3.63, 3.8) is 0 Å². The molecule has 0 radical (unpaired) electrons. The summed E-state index contributed by atoms with van der Waals surface area (Å²) in [5.74, 6) is 3.71. The van der Waals surface area contributed by atoms with Gasteiger partial charge in [0, 0.05) is 16.7 Å². The summed E-state index contributed by atoms with van der Waals surface area (Å²) in [5, 5.41) is 38.0. The van der Waals surface area contributed by atoms with Crippen LogP contribution in [0.1, 0.15) is 11.1 Å². The Labute approximate surface area is 293 Å². The van der Waals surface area contributed by atoms with Crippen LogP contribution in [-0.4, -0.2) is 75.3 Å². The molecule has 8 aromatic rings. The van der Waals surface area contributed by atoms with Crippen LogP contribution in [0.5, 0.6) is 11.5 Å². The minimum absolute atomic E-state index is 0.587. The summed E-state index contributed by atoms with van der Waals surface area (Å²) in [6, 6.07) is 45.1. The monoisotopic (exact) mass is 678 g/mol. The first kappa shape index (κ1) is 33.8. The zero-order valence-corrected chi connectivity index (χ0v) is 27.9. The Morgan fingerprint density at radius 3 is 1.59 bits per heavy atom. The van der Waals surface area contributed by atoms with Crippen LogP contribution in [0.15, 0.2) is 140 Å². The number of hydrogen-bond acceptors (Lipinski definition) is 11. The average Bonchev–Trinajstić information content (AvgIpc) is 4.01. The van der Waals surface area contributed by atoms with Gasteiger partial charge >= 0.3 is 0 Å². The quantitative estimate of drug-likeness (QED) is 0.201. The number of aromatic nitrogens is 12. The van der Waals surface area contributed by atoms with Gasteiger partial charge in [-0.05, 0) is 56.2 Å². The van der Waals surface area contributed by atoms with E-state index < -0.39 is 0 Å². The van der Waals surface area contributed by atoms with Gasteiger partial charge in [-0.2, -0.15) is 10.0 Å². The van der Waals surface area contributed by atoms with Gasteiger partial charge in [0.2, 0.25) is 11.6 Å². The van der Waals surface area contributed by atoms with Crippen molar-refractivity contribution in [2.75, 3.05) is 14.2 Å². The van der Waals surface area contributed by atoms with Crippen LogP contribution < -0.4 is 9.47 Å². The van der Waals surface area contributed by atoms with E-state index in [1.807, 2.05) is 140 Å². The first-order valence-corrected chi connectivity index (χ1v) is 15.9. The summed E-state index contributed by atoms with van der Waals surface area (Å²) < 4.78 is 12.1. The standard InChI is InChI=1S/2C15H14N4O.C7H6N4/c1-20-14-9-7-12(8-10-14)11-19-15(16-17-18-19)13-5-3-2-4-6-13;1-20-14-9-7-12(8-10-14)11-19-17-15(16-18-19)13-5-3-2-4-6-13;1-2-4-6(5-3-1)7-8-10-11-9-7/h2*2-10H,11H2,1H3;1-5H,(H,8,9,10,11). The van der Waals surface area contributed by atoms with Crippen LogP contribution in [-0.2, 0) is 13.1 Å². The van der Waals surface area contributed by atoms with Crippen molar-refractivity contribution in [1.29, 1.82) is 0 Å². The molecule has 0 bridgehead atoms. The van der Waals surface area contributed by atoms with Crippen molar-refractivity contribution in [3.05, 3.63) is 151 Å². The lowest BCUT2D eigenvalue weighted by Crippen LogP contribution is -2.04. The maximum atomic E-state index is 5.15. The maximum Gasteiger partial charge on any atom is 0.204 e. The Bertz CT molecular complexity index is 2160. The SMILES string of the molecule is COc1ccc(Cn2nnc(-c3ccccc3)n2)cc1.COc1ccc(Cn2nnnc2-c2ccccc2)cc1.c1ccc(-c2nn[nH]n2)cc1. The lowest BCUT2D eigenvalue weighted by molar-refractivity contribution is 0.414. The number of nitrogens with one attached hydrogen (secondary N) is 1.